The van der Waals surface area contributed by atoms with Crippen molar-refractivity contribution in [2.24, 2.45) is 0 Å². The monoisotopic (exact) mass is 361 g/mol. The molecule has 1 aromatic rings. The van der Waals surface area contributed by atoms with E-state index in [1.54, 1.807) is 0 Å². The molecule has 1 rings (SSSR count). The quantitative estimate of drug-likeness (QED) is 0.773. The standard InChI is InChI=1S/C13H17Br2NO/c1-4-10(5-2)16(3)13(17)11-8-9(14)6-7-12(11)15/h6-8,10H,4-5H2,1-3H3. The maximum absolute atomic E-state index is 12.4. The molecule has 0 N–H and O–H groups in total. The number of amides is 1. The summed E-state index contributed by atoms with van der Waals surface area (Å²) in [7, 11) is 1.87. The van der Waals surface area contributed by atoms with E-state index < -0.39 is 0 Å². The van der Waals surface area contributed by atoms with Crippen LogP contribution in [0.3, 0.4) is 0 Å². The highest BCUT2D eigenvalue weighted by Gasteiger charge is 2.20. The first-order valence-electron chi connectivity index (χ1n) is 5.73. The van der Waals surface area contributed by atoms with Crippen LogP contribution < -0.4 is 0 Å². The molecule has 0 aliphatic heterocycles. The Labute approximate surface area is 120 Å². The van der Waals surface area contributed by atoms with E-state index in [1.165, 1.54) is 0 Å². The van der Waals surface area contributed by atoms with E-state index >= 15 is 0 Å². The molecule has 0 bridgehead atoms. The molecule has 0 aliphatic rings. The summed E-state index contributed by atoms with van der Waals surface area (Å²) in [6.07, 6.45) is 1.95. The third-order valence-electron chi connectivity index (χ3n) is 2.97. The number of hydrogen-bond acceptors (Lipinski definition) is 1. The second kappa shape index (κ2) is 6.55. The molecule has 0 atom stereocenters. The lowest BCUT2D eigenvalue weighted by atomic mass is 10.1. The average Bonchev–Trinajstić information content (AvgIpc) is 2.32. The molecule has 1 amide bonds. The van der Waals surface area contributed by atoms with E-state index in [9.17, 15) is 4.79 Å². The van der Waals surface area contributed by atoms with Crippen LogP contribution in [0, 0.1) is 0 Å². The van der Waals surface area contributed by atoms with Gasteiger partial charge in [0.1, 0.15) is 0 Å². The molecule has 0 aromatic heterocycles. The van der Waals surface area contributed by atoms with Gasteiger partial charge in [-0.05, 0) is 47.0 Å². The van der Waals surface area contributed by atoms with E-state index in [0.717, 1.165) is 21.8 Å². The first-order valence-corrected chi connectivity index (χ1v) is 7.32. The van der Waals surface area contributed by atoms with Gasteiger partial charge in [-0.1, -0.05) is 29.8 Å². The van der Waals surface area contributed by atoms with Gasteiger partial charge in [0.2, 0.25) is 0 Å². The summed E-state index contributed by atoms with van der Waals surface area (Å²) in [6.45, 7) is 4.21. The van der Waals surface area contributed by atoms with E-state index in [1.807, 2.05) is 30.1 Å². The highest BCUT2D eigenvalue weighted by Crippen LogP contribution is 2.23. The minimum absolute atomic E-state index is 0.0619. The molecule has 0 heterocycles. The van der Waals surface area contributed by atoms with Crippen LogP contribution in [-0.4, -0.2) is 23.9 Å². The molecule has 0 unspecified atom stereocenters. The summed E-state index contributed by atoms with van der Waals surface area (Å²) < 4.78 is 1.76. The van der Waals surface area contributed by atoms with Gasteiger partial charge in [-0.3, -0.25) is 4.79 Å². The lowest BCUT2D eigenvalue weighted by Gasteiger charge is -2.26. The van der Waals surface area contributed by atoms with Crippen molar-refractivity contribution in [2.45, 2.75) is 32.7 Å². The van der Waals surface area contributed by atoms with E-state index in [-0.39, 0.29) is 5.91 Å². The number of carbonyl (C=O) groups is 1. The Balaban J connectivity index is 2.99. The predicted octanol–water partition coefficient (Wildman–Crippen LogP) is 4.47. The van der Waals surface area contributed by atoms with Gasteiger partial charge in [0.15, 0.2) is 0 Å². The summed E-state index contributed by atoms with van der Waals surface area (Å²) in [5, 5.41) is 0. The smallest absolute Gasteiger partial charge is 0.255 e. The maximum atomic E-state index is 12.4. The minimum atomic E-state index is 0.0619. The van der Waals surface area contributed by atoms with Gasteiger partial charge < -0.3 is 4.90 Å². The molecule has 2 nitrogen and oxygen atoms in total. The number of benzene rings is 1. The molecule has 0 fully saturated rings. The lowest BCUT2D eigenvalue weighted by molar-refractivity contribution is 0.0722. The summed E-state index contributed by atoms with van der Waals surface area (Å²) in [4.78, 5) is 14.2. The Morgan fingerprint density at radius 3 is 2.41 bits per heavy atom. The predicted molar refractivity (Wildman–Crippen MR) is 78.3 cm³/mol. The molecule has 1 aromatic carbocycles. The topological polar surface area (TPSA) is 20.3 Å². The highest BCUT2D eigenvalue weighted by atomic mass is 79.9. The van der Waals surface area contributed by atoms with E-state index in [2.05, 4.69) is 45.7 Å². The third-order valence-corrected chi connectivity index (χ3v) is 4.15. The van der Waals surface area contributed by atoms with Crippen LogP contribution in [0.5, 0.6) is 0 Å². The molecule has 0 radical (unpaired) electrons. The van der Waals surface area contributed by atoms with Crippen molar-refractivity contribution in [1.82, 2.24) is 4.90 Å². The first-order chi connectivity index (χ1) is 8.01. The molecule has 94 valence electrons. The van der Waals surface area contributed by atoms with E-state index in [0.29, 0.717) is 11.6 Å². The third kappa shape index (κ3) is 3.55. The molecule has 4 heteroatoms. The second-order valence-electron chi connectivity index (χ2n) is 4.01. The summed E-state index contributed by atoms with van der Waals surface area (Å²) in [6, 6.07) is 5.95. The van der Waals surface area contributed by atoms with Gasteiger partial charge in [-0.2, -0.15) is 0 Å². The normalized spacial score (nSPS) is 10.7. The molecule has 0 aliphatic carbocycles. The van der Waals surface area contributed by atoms with Crippen molar-refractivity contribution < 1.29 is 4.79 Å². The fourth-order valence-electron chi connectivity index (χ4n) is 1.85. The van der Waals surface area contributed by atoms with Gasteiger partial charge in [-0.15, -0.1) is 0 Å². The van der Waals surface area contributed by atoms with Gasteiger partial charge >= 0.3 is 0 Å². The number of rotatable bonds is 4. The molecular formula is C13H17Br2NO. The largest absolute Gasteiger partial charge is 0.339 e. The van der Waals surface area contributed by atoms with Crippen LogP contribution in [-0.2, 0) is 0 Å². The van der Waals surface area contributed by atoms with Crippen molar-refractivity contribution >= 4 is 37.8 Å². The van der Waals surface area contributed by atoms with Gasteiger partial charge in [0.05, 0.1) is 5.56 Å². The molecule has 0 saturated heterocycles. The van der Waals surface area contributed by atoms with Crippen molar-refractivity contribution in [3.8, 4) is 0 Å². The molecule has 0 saturated carbocycles. The number of hydrogen-bond donors (Lipinski definition) is 0. The van der Waals surface area contributed by atoms with E-state index in [4.69, 9.17) is 0 Å². The molecule has 0 spiro atoms. The van der Waals surface area contributed by atoms with Crippen LogP contribution in [0.4, 0.5) is 0 Å². The Bertz CT molecular complexity index is 402. The Kier molecular flexibility index (Phi) is 5.67. The summed E-state index contributed by atoms with van der Waals surface area (Å²) in [5.41, 5.74) is 0.703. The van der Waals surface area contributed by atoms with Crippen LogP contribution in [0.25, 0.3) is 0 Å². The summed E-state index contributed by atoms with van der Waals surface area (Å²) in [5.74, 6) is 0.0619. The van der Waals surface area contributed by atoms with Gasteiger partial charge in [-0.25, -0.2) is 0 Å². The number of halogens is 2. The van der Waals surface area contributed by atoms with Crippen LogP contribution in [0.2, 0.25) is 0 Å². The van der Waals surface area contributed by atoms with Gasteiger partial charge in [0.25, 0.3) is 5.91 Å². The number of carbonyl (C=O) groups excluding carboxylic acids is 1. The Morgan fingerprint density at radius 1 is 1.29 bits per heavy atom. The van der Waals surface area contributed by atoms with Crippen molar-refractivity contribution in [3.05, 3.63) is 32.7 Å². The number of nitrogens with zero attached hydrogens (tertiary/aromatic N) is 1. The SMILES string of the molecule is CCC(CC)N(C)C(=O)c1cc(Br)ccc1Br. The Hall–Kier alpha value is -0.350. The maximum Gasteiger partial charge on any atom is 0.255 e. The average molecular weight is 363 g/mol. The van der Waals surface area contributed by atoms with Crippen molar-refractivity contribution in [2.75, 3.05) is 7.05 Å². The van der Waals surface area contributed by atoms with Crippen LogP contribution in [0.1, 0.15) is 37.0 Å². The zero-order valence-electron chi connectivity index (χ0n) is 10.3. The Morgan fingerprint density at radius 2 is 1.88 bits per heavy atom. The molecular weight excluding hydrogens is 346 g/mol. The van der Waals surface area contributed by atoms with Crippen LogP contribution in [0.15, 0.2) is 27.1 Å². The fourth-order valence-corrected chi connectivity index (χ4v) is 2.63. The molecule has 17 heavy (non-hydrogen) atoms. The van der Waals surface area contributed by atoms with Gasteiger partial charge in [0, 0.05) is 22.0 Å². The lowest BCUT2D eigenvalue weighted by Crippen LogP contribution is -2.36. The summed E-state index contributed by atoms with van der Waals surface area (Å²) >= 11 is 6.82. The van der Waals surface area contributed by atoms with Crippen molar-refractivity contribution in [3.63, 3.8) is 0 Å². The second-order valence-corrected chi connectivity index (χ2v) is 5.78. The van der Waals surface area contributed by atoms with Crippen LogP contribution >= 0.6 is 31.9 Å². The fraction of sp³-hybridized carbons (Fsp3) is 0.462. The minimum Gasteiger partial charge on any atom is -0.339 e. The zero-order valence-corrected chi connectivity index (χ0v) is 13.5. The first kappa shape index (κ1) is 14.7. The highest BCUT2D eigenvalue weighted by molar-refractivity contribution is 9.11. The zero-order chi connectivity index (χ0) is 13.0. The van der Waals surface area contributed by atoms with Crippen molar-refractivity contribution in [1.29, 1.82) is 0 Å².